The molecule has 0 radical (unpaired) electrons. The van der Waals surface area contributed by atoms with E-state index in [0.29, 0.717) is 32.1 Å². The normalized spacial score (nSPS) is 10.2. The first kappa shape index (κ1) is 14.6. The van der Waals surface area contributed by atoms with Crippen molar-refractivity contribution in [1.29, 1.82) is 5.26 Å². The highest BCUT2D eigenvalue weighted by atomic mass is 79.9. The quantitative estimate of drug-likeness (QED) is 0.896. The fourth-order valence-electron chi connectivity index (χ4n) is 1.94. The molecule has 0 saturated carbocycles. The van der Waals surface area contributed by atoms with Crippen molar-refractivity contribution < 1.29 is 4.74 Å². The second-order valence-electron chi connectivity index (χ2n) is 4.16. The predicted molar refractivity (Wildman–Crippen MR) is 81.2 cm³/mol. The van der Waals surface area contributed by atoms with Gasteiger partial charge in [0.1, 0.15) is 11.6 Å². The maximum absolute atomic E-state index is 11.8. The van der Waals surface area contributed by atoms with Crippen molar-refractivity contribution >= 4 is 27.5 Å². The zero-order valence-corrected chi connectivity index (χ0v) is 13.1. The molecule has 102 valence electrons. The third-order valence-electron chi connectivity index (χ3n) is 2.79. The van der Waals surface area contributed by atoms with Crippen LogP contribution in [-0.4, -0.2) is 12.1 Å². The first-order valence-electron chi connectivity index (χ1n) is 5.65. The van der Waals surface area contributed by atoms with Gasteiger partial charge in [-0.25, -0.2) is 0 Å². The smallest absolute Gasteiger partial charge is 0.266 e. The van der Waals surface area contributed by atoms with E-state index in [1.165, 1.54) is 7.11 Å². The van der Waals surface area contributed by atoms with E-state index in [2.05, 4.69) is 20.9 Å². The SMILES string of the molecule is COc1c(Cl)cc(-c2cc(C)[nH]c(=O)c2C#N)cc1Br. The number of aryl methyl sites for hydroxylation is 1. The van der Waals surface area contributed by atoms with Crippen molar-refractivity contribution in [2.45, 2.75) is 6.92 Å². The molecule has 0 bridgehead atoms. The third-order valence-corrected chi connectivity index (χ3v) is 3.66. The molecular formula is C14H10BrClN2O2. The van der Waals surface area contributed by atoms with Crippen LogP contribution in [-0.2, 0) is 0 Å². The van der Waals surface area contributed by atoms with Gasteiger partial charge < -0.3 is 9.72 Å². The van der Waals surface area contributed by atoms with Crippen molar-refractivity contribution in [2.24, 2.45) is 0 Å². The van der Waals surface area contributed by atoms with Crippen molar-refractivity contribution in [2.75, 3.05) is 7.11 Å². The maximum Gasteiger partial charge on any atom is 0.266 e. The van der Waals surface area contributed by atoms with Gasteiger partial charge in [-0.3, -0.25) is 4.79 Å². The molecule has 0 unspecified atom stereocenters. The Morgan fingerprint density at radius 1 is 1.40 bits per heavy atom. The molecule has 6 heteroatoms. The summed E-state index contributed by atoms with van der Waals surface area (Å²) in [5, 5.41) is 9.55. The molecule has 20 heavy (non-hydrogen) atoms. The van der Waals surface area contributed by atoms with Gasteiger partial charge in [-0.2, -0.15) is 5.26 Å². The molecule has 0 aliphatic carbocycles. The number of hydrogen-bond donors (Lipinski definition) is 1. The van der Waals surface area contributed by atoms with E-state index in [-0.39, 0.29) is 5.56 Å². The topological polar surface area (TPSA) is 65.9 Å². The zero-order valence-electron chi connectivity index (χ0n) is 10.8. The molecule has 1 N–H and O–H groups in total. The summed E-state index contributed by atoms with van der Waals surface area (Å²) in [5.41, 5.74) is 1.54. The number of H-pyrrole nitrogens is 1. The van der Waals surface area contributed by atoms with Crippen LogP contribution in [0.1, 0.15) is 11.3 Å². The molecule has 2 aromatic rings. The Morgan fingerprint density at radius 3 is 2.65 bits per heavy atom. The molecular weight excluding hydrogens is 344 g/mol. The molecule has 1 aromatic carbocycles. The van der Waals surface area contributed by atoms with Gasteiger partial charge in [0.2, 0.25) is 0 Å². The fourth-order valence-corrected chi connectivity index (χ4v) is 2.97. The maximum atomic E-state index is 11.8. The number of nitriles is 1. The molecule has 0 fully saturated rings. The molecule has 0 amide bonds. The van der Waals surface area contributed by atoms with Gasteiger partial charge in [-0.1, -0.05) is 11.6 Å². The van der Waals surface area contributed by atoms with Gasteiger partial charge in [0, 0.05) is 11.3 Å². The van der Waals surface area contributed by atoms with Crippen LogP contribution in [0.25, 0.3) is 11.1 Å². The number of halogens is 2. The lowest BCUT2D eigenvalue weighted by Crippen LogP contribution is -2.12. The average molecular weight is 354 g/mol. The minimum Gasteiger partial charge on any atom is -0.494 e. The predicted octanol–water partition coefficient (Wildman–Crippen LogP) is 3.65. The summed E-state index contributed by atoms with van der Waals surface area (Å²) in [6.45, 7) is 1.76. The van der Waals surface area contributed by atoms with Gasteiger partial charge in [-0.15, -0.1) is 0 Å². The summed E-state index contributed by atoms with van der Waals surface area (Å²) < 4.78 is 5.82. The number of nitrogens with one attached hydrogen (secondary N) is 1. The second-order valence-corrected chi connectivity index (χ2v) is 5.42. The Balaban J connectivity index is 2.76. The summed E-state index contributed by atoms with van der Waals surface area (Å²) in [7, 11) is 1.52. The molecule has 1 heterocycles. The van der Waals surface area contributed by atoms with Gasteiger partial charge in [0.05, 0.1) is 16.6 Å². The van der Waals surface area contributed by atoms with Gasteiger partial charge in [-0.05, 0) is 46.6 Å². The Labute approximate surface area is 129 Å². The summed E-state index contributed by atoms with van der Waals surface area (Å²) >= 11 is 9.50. The lowest BCUT2D eigenvalue weighted by Gasteiger charge is -2.10. The Morgan fingerprint density at radius 2 is 2.10 bits per heavy atom. The number of benzene rings is 1. The fraction of sp³-hybridized carbons (Fsp3) is 0.143. The largest absolute Gasteiger partial charge is 0.494 e. The lowest BCUT2D eigenvalue weighted by molar-refractivity contribution is 0.412. The monoisotopic (exact) mass is 352 g/mol. The van der Waals surface area contributed by atoms with Crippen LogP contribution in [0.15, 0.2) is 27.5 Å². The first-order valence-corrected chi connectivity index (χ1v) is 6.82. The van der Waals surface area contributed by atoms with Crippen LogP contribution in [0, 0.1) is 18.3 Å². The number of rotatable bonds is 2. The highest BCUT2D eigenvalue weighted by molar-refractivity contribution is 9.10. The van der Waals surface area contributed by atoms with Gasteiger partial charge >= 0.3 is 0 Å². The second kappa shape index (κ2) is 5.70. The van der Waals surface area contributed by atoms with Crippen molar-refractivity contribution in [1.82, 2.24) is 4.98 Å². The number of ether oxygens (including phenoxy) is 1. The Bertz CT molecular complexity index is 755. The van der Waals surface area contributed by atoms with Crippen molar-refractivity contribution in [3.05, 3.63) is 49.3 Å². The zero-order chi connectivity index (χ0) is 14.9. The molecule has 0 spiro atoms. The van der Waals surface area contributed by atoms with Crippen LogP contribution < -0.4 is 10.3 Å². The highest BCUT2D eigenvalue weighted by Gasteiger charge is 2.14. The van der Waals surface area contributed by atoms with Crippen molar-refractivity contribution in [3.8, 4) is 22.9 Å². The standard InChI is InChI=1S/C14H10BrClN2O2/c1-7-3-9(10(6-17)14(19)18-7)8-4-11(15)13(20-2)12(16)5-8/h3-5H,1-2H3,(H,18,19). The van der Waals surface area contributed by atoms with Crippen molar-refractivity contribution in [3.63, 3.8) is 0 Å². The molecule has 4 nitrogen and oxygen atoms in total. The summed E-state index contributed by atoms with van der Waals surface area (Å²) in [5.74, 6) is 0.510. The number of aromatic nitrogens is 1. The van der Waals surface area contributed by atoms with E-state index in [0.717, 1.165) is 0 Å². The molecule has 0 atom stereocenters. The minimum atomic E-state index is -0.412. The minimum absolute atomic E-state index is 0.0590. The first-order chi connectivity index (χ1) is 9.47. The van der Waals surface area contributed by atoms with Gasteiger partial charge in [0.15, 0.2) is 5.75 Å². The molecule has 0 aliphatic rings. The average Bonchev–Trinajstić information content (AvgIpc) is 2.37. The van der Waals surface area contributed by atoms with E-state index in [1.54, 1.807) is 25.1 Å². The van der Waals surface area contributed by atoms with Crippen LogP contribution in [0.2, 0.25) is 5.02 Å². The third kappa shape index (κ3) is 2.58. The van der Waals surface area contributed by atoms with E-state index >= 15 is 0 Å². The molecule has 1 aromatic heterocycles. The van der Waals surface area contributed by atoms with Crippen LogP contribution in [0.3, 0.4) is 0 Å². The van der Waals surface area contributed by atoms with E-state index in [9.17, 15) is 4.79 Å². The molecule has 0 saturated heterocycles. The number of aromatic amines is 1. The highest BCUT2D eigenvalue weighted by Crippen LogP contribution is 2.37. The Kier molecular flexibility index (Phi) is 4.17. The van der Waals surface area contributed by atoms with Crippen LogP contribution in [0.4, 0.5) is 0 Å². The van der Waals surface area contributed by atoms with E-state index < -0.39 is 5.56 Å². The molecule has 2 rings (SSSR count). The Hall–Kier alpha value is -1.77. The molecule has 0 aliphatic heterocycles. The lowest BCUT2D eigenvalue weighted by atomic mass is 10.0. The number of hydrogen-bond acceptors (Lipinski definition) is 3. The van der Waals surface area contributed by atoms with Crippen LogP contribution in [0.5, 0.6) is 5.75 Å². The van der Waals surface area contributed by atoms with Gasteiger partial charge in [0.25, 0.3) is 5.56 Å². The van der Waals surface area contributed by atoms with E-state index in [1.807, 2.05) is 6.07 Å². The summed E-state index contributed by atoms with van der Waals surface area (Å²) in [4.78, 5) is 14.4. The van der Waals surface area contributed by atoms with Crippen LogP contribution >= 0.6 is 27.5 Å². The number of nitrogens with zero attached hydrogens (tertiary/aromatic N) is 1. The summed E-state index contributed by atoms with van der Waals surface area (Å²) in [6, 6.07) is 7.09. The van der Waals surface area contributed by atoms with E-state index in [4.69, 9.17) is 21.6 Å². The number of methoxy groups -OCH3 is 1. The number of pyridine rings is 1. The summed E-state index contributed by atoms with van der Waals surface area (Å²) in [6.07, 6.45) is 0.